The molecule has 2 saturated carbocycles. The molecule has 1 aromatic rings. The van der Waals surface area contributed by atoms with Crippen LogP contribution in [0.4, 0.5) is 0 Å². The van der Waals surface area contributed by atoms with Crippen LogP contribution in [0.5, 0.6) is 0 Å². The summed E-state index contributed by atoms with van der Waals surface area (Å²) in [7, 11) is 0. The van der Waals surface area contributed by atoms with Crippen molar-refractivity contribution in [3.8, 4) is 0 Å². The molecule has 0 aliphatic heterocycles. The fraction of sp³-hybridized carbons (Fsp3) is 0.667. The van der Waals surface area contributed by atoms with Crippen LogP contribution in [0.2, 0.25) is 0 Å². The van der Waals surface area contributed by atoms with Gasteiger partial charge < -0.3 is 5.32 Å². The summed E-state index contributed by atoms with van der Waals surface area (Å²) in [6.45, 7) is 4.55. The van der Waals surface area contributed by atoms with Crippen molar-refractivity contribution < 1.29 is 0 Å². The number of nitrogens with one attached hydrogen (secondary N) is 1. The highest BCUT2D eigenvalue weighted by Crippen LogP contribution is 2.62. The minimum absolute atomic E-state index is 0.403. The van der Waals surface area contributed by atoms with Crippen LogP contribution in [0.1, 0.15) is 57.4 Å². The Bertz CT molecular complexity index is 437. The molecule has 0 radical (unpaired) electrons. The zero-order chi connectivity index (χ0) is 14.1. The normalized spacial score (nSPS) is 22.9. The molecule has 3 rings (SSSR count). The lowest BCUT2D eigenvalue weighted by atomic mass is 9.49. The predicted molar refractivity (Wildman–Crippen MR) is 89.1 cm³/mol. The summed E-state index contributed by atoms with van der Waals surface area (Å²) in [5.41, 5.74) is 2.64. The van der Waals surface area contributed by atoms with Crippen LogP contribution in [-0.4, -0.2) is 13.1 Å². The maximum Gasteiger partial charge on any atom is 0.0175 e. The van der Waals surface area contributed by atoms with Crippen LogP contribution in [-0.2, 0) is 5.41 Å². The maximum absolute atomic E-state index is 3.69. The van der Waals surface area contributed by atoms with Gasteiger partial charge >= 0.3 is 0 Å². The van der Waals surface area contributed by atoms with E-state index in [9.17, 15) is 0 Å². The highest BCUT2D eigenvalue weighted by Gasteiger charge is 2.55. The summed E-state index contributed by atoms with van der Waals surface area (Å²) in [6, 6.07) is 9.08. The van der Waals surface area contributed by atoms with Gasteiger partial charge in [0.25, 0.3) is 0 Å². The predicted octanol–water partition coefficient (Wildman–Crippen LogP) is 5.04. The molecule has 2 aliphatic carbocycles. The number of hydrogen-bond donors (Lipinski definition) is 1. The van der Waals surface area contributed by atoms with E-state index in [0.717, 1.165) is 13.1 Å². The average Bonchev–Trinajstić information content (AvgIpc) is 2.88. The van der Waals surface area contributed by atoms with E-state index < -0.39 is 0 Å². The topological polar surface area (TPSA) is 12.0 Å². The molecule has 2 fully saturated rings. The van der Waals surface area contributed by atoms with E-state index in [1.54, 1.807) is 5.56 Å². The van der Waals surface area contributed by atoms with Crippen LogP contribution >= 0.6 is 15.9 Å². The Balaban J connectivity index is 1.76. The van der Waals surface area contributed by atoms with Crippen LogP contribution in [0.3, 0.4) is 0 Å². The van der Waals surface area contributed by atoms with Gasteiger partial charge in [-0.25, -0.2) is 0 Å². The van der Waals surface area contributed by atoms with Crippen LogP contribution in [0, 0.1) is 5.41 Å². The summed E-state index contributed by atoms with van der Waals surface area (Å²) < 4.78 is 1.19. The minimum Gasteiger partial charge on any atom is -0.316 e. The van der Waals surface area contributed by atoms with Crippen molar-refractivity contribution in [1.82, 2.24) is 5.32 Å². The van der Waals surface area contributed by atoms with E-state index in [-0.39, 0.29) is 0 Å². The Morgan fingerprint density at radius 3 is 2.35 bits per heavy atom. The van der Waals surface area contributed by atoms with Crippen molar-refractivity contribution in [2.45, 2.75) is 57.3 Å². The van der Waals surface area contributed by atoms with Gasteiger partial charge in [0.1, 0.15) is 0 Å². The first-order chi connectivity index (χ1) is 9.68. The zero-order valence-corrected chi connectivity index (χ0v) is 14.1. The first-order valence-electron chi connectivity index (χ1n) is 8.15. The molecule has 1 aromatic carbocycles. The minimum atomic E-state index is 0.403. The second-order valence-corrected chi connectivity index (χ2v) is 7.94. The molecule has 0 amide bonds. The number of rotatable bonds is 5. The Morgan fingerprint density at radius 1 is 1.10 bits per heavy atom. The molecular weight excluding hydrogens is 310 g/mol. The summed E-state index contributed by atoms with van der Waals surface area (Å²) in [5, 5.41) is 3.69. The number of benzene rings is 1. The lowest BCUT2D eigenvalue weighted by Crippen LogP contribution is -2.53. The van der Waals surface area contributed by atoms with E-state index in [4.69, 9.17) is 0 Å². The molecule has 0 heterocycles. The lowest BCUT2D eigenvalue weighted by Gasteiger charge is -2.56. The standard InChI is InChI=1S/C18H26BrN/c1-2-11-20-14-18(15-5-7-16(19)8-6-15)12-17(13-18)9-3-4-10-17/h5-8,20H,2-4,9-14H2,1H3. The molecule has 0 aromatic heterocycles. The monoisotopic (exact) mass is 335 g/mol. The molecule has 1 nitrogen and oxygen atoms in total. The molecule has 20 heavy (non-hydrogen) atoms. The summed E-state index contributed by atoms with van der Waals surface area (Å²) in [6.07, 6.45) is 9.88. The van der Waals surface area contributed by atoms with Gasteiger partial charge in [0.05, 0.1) is 0 Å². The van der Waals surface area contributed by atoms with Crippen LogP contribution in [0.25, 0.3) is 0 Å². The number of hydrogen-bond acceptors (Lipinski definition) is 1. The van der Waals surface area contributed by atoms with Crippen LogP contribution < -0.4 is 5.32 Å². The van der Waals surface area contributed by atoms with Crippen molar-refractivity contribution >= 4 is 15.9 Å². The molecule has 0 saturated heterocycles. The molecule has 1 spiro atoms. The summed E-state index contributed by atoms with van der Waals surface area (Å²) in [5.74, 6) is 0. The highest BCUT2D eigenvalue weighted by atomic mass is 79.9. The second-order valence-electron chi connectivity index (χ2n) is 7.02. The van der Waals surface area contributed by atoms with E-state index in [1.807, 2.05) is 0 Å². The third-order valence-electron chi connectivity index (χ3n) is 5.44. The molecule has 2 aliphatic rings. The summed E-state index contributed by atoms with van der Waals surface area (Å²) >= 11 is 3.56. The molecule has 0 unspecified atom stereocenters. The molecule has 0 bridgehead atoms. The Kier molecular flexibility index (Phi) is 4.24. The highest BCUT2D eigenvalue weighted by molar-refractivity contribution is 9.10. The van der Waals surface area contributed by atoms with Crippen molar-refractivity contribution in [2.75, 3.05) is 13.1 Å². The van der Waals surface area contributed by atoms with Crippen LogP contribution in [0.15, 0.2) is 28.7 Å². The second kappa shape index (κ2) is 5.81. The quantitative estimate of drug-likeness (QED) is 0.743. The van der Waals surface area contributed by atoms with Crippen molar-refractivity contribution in [3.05, 3.63) is 34.3 Å². The largest absolute Gasteiger partial charge is 0.316 e. The molecule has 2 heteroatoms. The van der Waals surface area contributed by atoms with E-state index in [2.05, 4.69) is 52.4 Å². The van der Waals surface area contributed by atoms with Gasteiger partial charge in [-0.3, -0.25) is 0 Å². The van der Waals surface area contributed by atoms with E-state index in [0.29, 0.717) is 10.8 Å². The molecule has 1 N–H and O–H groups in total. The van der Waals surface area contributed by atoms with Gasteiger partial charge in [-0.15, -0.1) is 0 Å². The molecule has 0 atom stereocenters. The third-order valence-corrected chi connectivity index (χ3v) is 5.97. The Hall–Kier alpha value is -0.340. The fourth-order valence-electron chi connectivity index (χ4n) is 4.60. The van der Waals surface area contributed by atoms with Gasteiger partial charge in [0, 0.05) is 16.4 Å². The fourth-order valence-corrected chi connectivity index (χ4v) is 4.87. The van der Waals surface area contributed by atoms with Crippen molar-refractivity contribution in [2.24, 2.45) is 5.41 Å². The van der Waals surface area contributed by atoms with Gasteiger partial charge in [0.15, 0.2) is 0 Å². The lowest BCUT2D eigenvalue weighted by molar-refractivity contribution is 0.0271. The third kappa shape index (κ3) is 2.69. The van der Waals surface area contributed by atoms with Gasteiger partial charge in [0.2, 0.25) is 0 Å². The Morgan fingerprint density at radius 2 is 1.75 bits per heavy atom. The van der Waals surface area contributed by atoms with Gasteiger partial charge in [-0.2, -0.15) is 0 Å². The van der Waals surface area contributed by atoms with Gasteiger partial charge in [-0.05, 0) is 61.8 Å². The first kappa shape index (κ1) is 14.6. The van der Waals surface area contributed by atoms with Crippen molar-refractivity contribution in [3.63, 3.8) is 0 Å². The molecular formula is C18H26BrN. The van der Waals surface area contributed by atoms with E-state index in [1.165, 1.54) is 49.4 Å². The Labute approximate surface area is 131 Å². The first-order valence-corrected chi connectivity index (χ1v) is 8.94. The zero-order valence-electron chi connectivity index (χ0n) is 12.6. The molecule has 110 valence electrons. The number of halogens is 1. The van der Waals surface area contributed by atoms with E-state index >= 15 is 0 Å². The average molecular weight is 336 g/mol. The van der Waals surface area contributed by atoms with Crippen molar-refractivity contribution in [1.29, 1.82) is 0 Å². The van der Waals surface area contributed by atoms with Gasteiger partial charge in [-0.1, -0.05) is 47.8 Å². The maximum atomic E-state index is 3.69. The summed E-state index contributed by atoms with van der Waals surface area (Å²) in [4.78, 5) is 0. The SMILES string of the molecule is CCCNCC1(c2ccc(Br)cc2)CC2(CCCC2)C1. The smallest absolute Gasteiger partial charge is 0.0175 e.